The molecule has 140 valence electrons. The highest BCUT2D eigenvalue weighted by atomic mass is 32.2. The first-order valence-electron chi connectivity index (χ1n) is 8.94. The number of carboxylic acids is 1. The van der Waals surface area contributed by atoms with Crippen molar-refractivity contribution in [2.75, 3.05) is 30.9 Å². The molecule has 1 N–H and O–H groups in total. The molecule has 0 amide bonds. The zero-order valence-electron chi connectivity index (χ0n) is 15.9. The van der Waals surface area contributed by atoms with Gasteiger partial charge in [0.25, 0.3) is 0 Å². The maximum atomic E-state index is 12.1. The van der Waals surface area contributed by atoms with E-state index < -0.39 is 11.9 Å². The van der Waals surface area contributed by atoms with Gasteiger partial charge in [-0.1, -0.05) is 18.2 Å². The summed E-state index contributed by atoms with van der Waals surface area (Å²) in [4.78, 5) is 15.4. The van der Waals surface area contributed by atoms with Crippen molar-refractivity contribution in [3.8, 4) is 5.75 Å². The van der Waals surface area contributed by atoms with Crippen LogP contribution in [-0.2, 0) is 4.79 Å². The number of aliphatic carboxylic acids is 1. The maximum absolute atomic E-state index is 12.1. The van der Waals surface area contributed by atoms with Gasteiger partial charge in [-0.15, -0.1) is 11.8 Å². The number of rotatable bonds is 9. The van der Waals surface area contributed by atoms with Crippen LogP contribution in [0.1, 0.15) is 37.8 Å². The van der Waals surface area contributed by atoms with E-state index in [9.17, 15) is 9.90 Å². The number of benzene rings is 2. The summed E-state index contributed by atoms with van der Waals surface area (Å²) in [6.45, 7) is 8.39. The SMILES string of the molecule is CCOc1cc(N(CC)CC)ccc1C(C(=O)O)c1ccc(SC)cc1. The van der Waals surface area contributed by atoms with E-state index in [-0.39, 0.29) is 0 Å². The summed E-state index contributed by atoms with van der Waals surface area (Å²) < 4.78 is 5.82. The van der Waals surface area contributed by atoms with E-state index in [0.29, 0.717) is 17.9 Å². The summed E-state index contributed by atoms with van der Waals surface area (Å²) in [6, 6.07) is 13.5. The minimum Gasteiger partial charge on any atom is -0.493 e. The summed E-state index contributed by atoms with van der Waals surface area (Å²) in [6.07, 6.45) is 2.00. The molecule has 0 fully saturated rings. The van der Waals surface area contributed by atoms with E-state index in [1.165, 1.54) is 0 Å². The first-order chi connectivity index (χ1) is 12.5. The molecule has 1 atom stereocenters. The number of anilines is 1. The molecule has 4 nitrogen and oxygen atoms in total. The van der Waals surface area contributed by atoms with Gasteiger partial charge in [0.1, 0.15) is 11.7 Å². The van der Waals surface area contributed by atoms with Crippen molar-refractivity contribution >= 4 is 23.4 Å². The van der Waals surface area contributed by atoms with Gasteiger partial charge in [-0.2, -0.15) is 0 Å². The molecule has 0 aliphatic rings. The molecule has 2 aromatic carbocycles. The number of thioether (sulfide) groups is 1. The van der Waals surface area contributed by atoms with Crippen molar-refractivity contribution in [3.63, 3.8) is 0 Å². The lowest BCUT2D eigenvalue weighted by molar-refractivity contribution is -0.137. The molecule has 1 unspecified atom stereocenters. The van der Waals surface area contributed by atoms with Crippen molar-refractivity contribution in [2.45, 2.75) is 31.6 Å². The zero-order valence-corrected chi connectivity index (χ0v) is 16.7. The van der Waals surface area contributed by atoms with Gasteiger partial charge >= 0.3 is 5.97 Å². The van der Waals surface area contributed by atoms with Crippen LogP contribution in [0.2, 0.25) is 0 Å². The predicted molar refractivity (Wildman–Crippen MR) is 109 cm³/mol. The molecule has 0 heterocycles. The normalized spacial score (nSPS) is 11.8. The largest absolute Gasteiger partial charge is 0.493 e. The van der Waals surface area contributed by atoms with Gasteiger partial charge in [0, 0.05) is 35.3 Å². The average molecular weight is 374 g/mol. The third-order valence-electron chi connectivity index (χ3n) is 4.43. The summed E-state index contributed by atoms with van der Waals surface area (Å²) in [7, 11) is 0. The van der Waals surface area contributed by atoms with Crippen LogP contribution in [0.5, 0.6) is 5.75 Å². The highest BCUT2D eigenvalue weighted by Crippen LogP contribution is 2.36. The van der Waals surface area contributed by atoms with Crippen LogP contribution < -0.4 is 9.64 Å². The Morgan fingerprint density at radius 1 is 1.12 bits per heavy atom. The smallest absolute Gasteiger partial charge is 0.315 e. The van der Waals surface area contributed by atoms with Crippen LogP contribution in [0.3, 0.4) is 0 Å². The molecule has 0 bridgehead atoms. The molecule has 0 saturated heterocycles. The minimum absolute atomic E-state index is 0.493. The van der Waals surface area contributed by atoms with Crippen LogP contribution >= 0.6 is 11.8 Å². The highest BCUT2D eigenvalue weighted by molar-refractivity contribution is 7.98. The molecule has 2 aromatic rings. The fraction of sp³-hybridized carbons (Fsp3) is 0.381. The molecule has 2 rings (SSSR count). The zero-order chi connectivity index (χ0) is 19.1. The fourth-order valence-electron chi connectivity index (χ4n) is 3.08. The average Bonchev–Trinajstić information content (AvgIpc) is 2.65. The molecule has 0 aliphatic carbocycles. The van der Waals surface area contributed by atoms with E-state index in [1.54, 1.807) is 11.8 Å². The van der Waals surface area contributed by atoms with Gasteiger partial charge < -0.3 is 14.7 Å². The quantitative estimate of drug-likeness (QED) is 0.636. The van der Waals surface area contributed by atoms with E-state index in [0.717, 1.165) is 29.2 Å². The summed E-state index contributed by atoms with van der Waals surface area (Å²) >= 11 is 1.64. The number of carboxylic acid groups (broad SMARTS) is 1. The van der Waals surface area contributed by atoms with Gasteiger partial charge in [0.2, 0.25) is 0 Å². The van der Waals surface area contributed by atoms with Crippen LogP contribution in [-0.4, -0.2) is 37.0 Å². The van der Waals surface area contributed by atoms with Gasteiger partial charge in [-0.05, 0) is 50.8 Å². The summed E-state index contributed by atoms with van der Waals surface area (Å²) in [5.41, 5.74) is 2.49. The van der Waals surface area contributed by atoms with E-state index in [1.807, 2.05) is 55.6 Å². The van der Waals surface area contributed by atoms with E-state index in [4.69, 9.17) is 4.74 Å². The number of nitrogens with zero attached hydrogens (tertiary/aromatic N) is 1. The Morgan fingerprint density at radius 3 is 2.27 bits per heavy atom. The first kappa shape index (κ1) is 20.2. The molecule has 5 heteroatoms. The Balaban J connectivity index is 2.51. The van der Waals surface area contributed by atoms with Crippen LogP contribution in [0, 0.1) is 0 Å². The van der Waals surface area contributed by atoms with Crippen LogP contribution in [0.25, 0.3) is 0 Å². The Labute approximate surface area is 160 Å². The molecular formula is C21H27NO3S. The van der Waals surface area contributed by atoms with Crippen molar-refractivity contribution in [3.05, 3.63) is 53.6 Å². The van der Waals surface area contributed by atoms with Gasteiger partial charge in [-0.25, -0.2) is 0 Å². The van der Waals surface area contributed by atoms with Crippen LogP contribution in [0.15, 0.2) is 47.4 Å². The predicted octanol–water partition coefficient (Wildman–Crippen LogP) is 4.87. The lowest BCUT2D eigenvalue weighted by Crippen LogP contribution is -2.22. The van der Waals surface area contributed by atoms with Crippen molar-refractivity contribution in [1.82, 2.24) is 0 Å². The number of ether oxygens (including phenoxy) is 1. The number of hydrogen-bond donors (Lipinski definition) is 1. The molecule has 26 heavy (non-hydrogen) atoms. The second-order valence-corrected chi connectivity index (χ2v) is 6.75. The monoisotopic (exact) mass is 373 g/mol. The Morgan fingerprint density at radius 2 is 1.77 bits per heavy atom. The van der Waals surface area contributed by atoms with E-state index >= 15 is 0 Å². The number of hydrogen-bond acceptors (Lipinski definition) is 4. The molecule has 0 spiro atoms. The lowest BCUT2D eigenvalue weighted by atomic mass is 9.90. The van der Waals surface area contributed by atoms with Crippen molar-refractivity contribution < 1.29 is 14.6 Å². The van der Waals surface area contributed by atoms with Gasteiger partial charge in [-0.3, -0.25) is 4.79 Å². The van der Waals surface area contributed by atoms with Crippen molar-refractivity contribution in [2.24, 2.45) is 0 Å². The standard InChI is InChI=1S/C21H27NO3S/c1-5-22(6-2)16-10-13-18(19(14-16)25-7-3)20(21(23)24)15-8-11-17(26-4)12-9-15/h8-14,20H,5-7H2,1-4H3,(H,23,24). The molecule has 0 saturated carbocycles. The second kappa shape index (κ2) is 9.53. The topological polar surface area (TPSA) is 49.8 Å². The highest BCUT2D eigenvalue weighted by Gasteiger charge is 2.26. The minimum atomic E-state index is -0.876. The van der Waals surface area contributed by atoms with Gasteiger partial charge in [0.05, 0.1) is 6.61 Å². The van der Waals surface area contributed by atoms with Gasteiger partial charge in [0.15, 0.2) is 0 Å². The Hall–Kier alpha value is -2.14. The molecular weight excluding hydrogens is 346 g/mol. The van der Waals surface area contributed by atoms with E-state index in [2.05, 4.69) is 18.7 Å². The first-order valence-corrected chi connectivity index (χ1v) is 10.2. The lowest BCUT2D eigenvalue weighted by Gasteiger charge is -2.24. The molecule has 0 radical (unpaired) electrons. The molecule has 0 aliphatic heterocycles. The second-order valence-electron chi connectivity index (χ2n) is 5.87. The summed E-state index contributed by atoms with van der Waals surface area (Å²) in [5.74, 6) is -0.991. The Kier molecular flexibility index (Phi) is 7.39. The van der Waals surface area contributed by atoms with Crippen LogP contribution in [0.4, 0.5) is 5.69 Å². The maximum Gasteiger partial charge on any atom is 0.315 e. The summed E-state index contributed by atoms with van der Waals surface area (Å²) in [5, 5.41) is 9.90. The number of carbonyl (C=O) groups is 1. The Bertz CT molecular complexity index is 727. The van der Waals surface area contributed by atoms with Crippen molar-refractivity contribution in [1.29, 1.82) is 0 Å². The third-order valence-corrected chi connectivity index (χ3v) is 5.18. The fourth-order valence-corrected chi connectivity index (χ4v) is 3.49. The third kappa shape index (κ3) is 4.52. The molecule has 0 aromatic heterocycles.